The minimum absolute atomic E-state index is 0.500. The lowest BCUT2D eigenvalue weighted by molar-refractivity contribution is 0.265. The lowest BCUT2D eigenvalue weighted by atomic mass is 10.0. The highest BCUT2D eigenvalue weighted by atomic mass is 32.2. The van der Waals surface area contributed by atoms with Gasteiger partial charge in [-0.2, -0.15) is 0 Å². The molecule has 0 spiro atoms. The van der Waals surface area contributed by atoms with E-state index in [1.807, 2.05) is 23.1 Å². The zero-order valence-electron chi connectivity index (χ0n) is 9.57. The molecule has 0 bridgehead atoms. The van der Waals surface area contributed by atoms with Crippen molar-refractivity contribution in [2.24, 2.45) is 10.2 Å². The summed E-state index contributed by atoms with van der Waals surface area (Å²) in [4.78, 5) is 13.0. The van der Waals surface area contributed by atoms with Crippen molar-refractivity contribution in [3.63, 3.8) is 0 Å². The standard InChI is InChI=1S/C12H11N3O2S/c16-12-14-13-11(8-18(12)17)15-7-3-5-9-4-1-2-6-10(9)15/h1-2,4,6,8H,3,5,7H2. The van der Waals surface area contributed by atoms with Gasteiger partial charge in [-0.15, -0.1) is 5.11 Å². The van der Waals surface area contributed by atoms with E-state index in [1.54, 1.807) is 0 Å². The average Bonchev–Trinajstić information content (AvgIpc) is 2.41. The highest BCUT2D eigenvalue weighted by Crippen LogP contribution is 2.31. The van der Waals surface area contributed by atoms with Crippen molar-refractivity contribution in [3.8, 4) is 0 Å². The maximum absolute atomic E-state index is 11.5. The Labute approximate surface area is 107 Å². The van der Waals surface area contributed by atoms with Crippen molar-refractivity contribution < 1.29 is 9.00 Å². The number of aryl methyl sites for hydroxylation is 1. The zero-order chi connectivity index (χ0) is 12.5. The van der Waals surface area contributed by atoms with E-state index in [2.05, 4.69) is 16.3 Å². The fourth-order valence-electron chi connectivity index (χ4n) is 2.19. The molecule has 2 aliphatic heterocycles. The maximum atomic E-state index is 11.5. The number of fused-ring (bicyclic) bond motifs is 1. The first-order valence-corrected chi connectivity index (χ1v) is 6.90. The van der Waals surface area contributed by atoms with Gasteiger partial charge in [-0.1, -0.05) is 23.3 Å². The predicted molar refractivity (Wildman–Crippen MR) is 68.6 cm³/mol. The normalized spacial score (nSPS) is 22.7. The Kier molecular flexibility index (Phi) is 2.79. The molecule has 2 heterocycles. The van der Waals surface area contributed by atoms with Crippen LogP contribution in [0.5, 0.6) is 0 Å². The average molecular weight is 261 g/mol. The number of hydrogen-bond acceptors (Lipinski definition) is 4. The molecule has 0 fully saturated rings. The number of rotatable bonds is 1. The molecule has 1 atom stereocenters. The lowest BCUT2D eigenvalue weighted by Gasteiger charge is -2.30. The van der Waals surface area contributed by atoms with Gasteiger partial charge >= 0.3 is 5.24 Å². The van der Waals surface area contributed by atoms with E-state index in [0.29, 0.717) is 5.82 Å². The van der Waals surface area contributed by atoms with Crippen molar-refractivity contribution in [2.75, 3.05) is 11.4 Å². The summed E-state index contributed by atoms with van der Waals surface area (Å²) in [5, 5.41) is 7.95. The van der Waals surface area contributed by atoms with Crippen LogP contribution in [0.2, 0.25) is 0 Å². The summed E-state index contributed by atoms with van der Waals surface area (Å²) in [5.41, 5.74) is 2.29. The maximum Gasteiger partial charge on any atom is 0.357 e. The minimum atomic E-state index is -1.70. The molecule has 0 aromatic heterocycles. The summed E-state index contributed by atoms with van der Waals surface area (Å²) in [6.07, 6.45) is 2.03. The molecule has 92 valence electrons. The molecule has 0 saturated carbocycles. The lowest BCUT2D eigenvalue weighted by Crippen LogP contribution is -2.29. The van der Waals surface area contributed by atoms with Gasteiger partial charge in [0, 0.05) is 12.2 Å². The van der Waals surface area contributed by atoms with Crippen LogP contribution in [-0.2, 0) is 17.2 Å². The molecule has 5 nitrogen and oxygen atoms in total. The molecule has 1 unspecified atom stereocenters. The van der Waals surface area contributed by atoms with Gasteiger partial charge in [-0.05, 0) is 24.5 Å². The summed E-state index contributed by atoms with van der Waals surface area (Å²) in [6, 6.07) is 8.04. The molecule has 1 aromatic carbocycles. The second kappa shape index (κ2) is 4.45. The van der Waals surface area contributed by atoms with E-state index in [0.717, 1.165) is 25.1 Å². The van der Waals surface area contributed by atoms with E-state index >= 15 is 0 Å². The highest BCUT2D eigenvalue weighted by Gasteiger charge is 2.24. The molecule has 0 N–H and O–H groups in total. The molecule has 2 aliphatic rings. The molecule has 0 radical (unpaired) electrons. The number of carbonyl (C=O) groups is 1. The van der Waals surface area contributed by atoms with Gasteiger partial charge in [0.05, 0.1) is 5.41 Å². The molecule has 0 saturated heterocycles. The monoisotopic (exact) mass is 261 g/mol. The minimum Gasteiger partial charge on any atom is -0.324 e. The van der Waals surface area contributed by atoms with Gasteiger partial charge in [0.25, 0.3) is 0 Å². The third-order valence-corrected chi connectivity index (χ3v) is 3.86. The number of carbonyl (C=O) groups excluding carboxylic acids is 1. The molecule has 6 heteroatoms. The number of anilines is 1. The molecular weight excluding hydrogens is 250 g/mol. The highest BCUT2D eigenvalue weighted by molar-refractivity contribution is 8.02. The molecule has 1 amide bonds. The van der Waals surface area contributed by atoms with Gasteiger partial charge in [0.2, 0.25) is 0 Å². The first kappa shape index (κ1) is 11.3. The van der Waals surface area contributed by atoms with Crippen LogP contribution < -0.4 is 4.90 Å². The predicted octanol–water partition coefficient (Wildman–Crippen LogP) is 2.57. The van der Waals surface area contributed by atoms with Crippen molar-refractivity contribution in [2.45, 2.75) is 12.8 Å². The van der Waals surface area contributed by atoms with Crippen molar-refractivity contribution in [3.05, 3.63) is 41.1 Å². The smallest absolute Gasteiger partial charge is 0.324 e. The van der Waals surface area contributed by atoms with E-state index in [-0.39, 0.29) is 0 Å². The first-order valence-electron chi connectivity index (χ1n) is 5.69. The number of para-hydroxylation sites is 1. The third kappa shape index (κ3) is 1.88. The summed E-state index contributed by atoms with van der Waals surface area (Å²) in [6.45, 7) is 0.799. The molecule has 0 aliphatic carbocycles. The van der Waals surface area contributed by atoms with Gasteiger partial charge in [0.1, 0.15) is 10.8 Å². The first-order chi connectivity index (χ1) is 8.75. The van der Waals surface area contributed by atoms with E-state index in [1.165, 1.54) is 11.0 Å². The Morgan fingerprint density at radius 3 is 2.89 bits per heavy atom. The molecule has 3 rings (SSSR count). The van der Waals surface area contributed by atoms with Crippen LogP contribution >= 0.6 is 0 Å². The van der Waals surface area contributed by atoms with Crippen molar-refractivity contribution in [1.82, 2.24) is 0 Å². The Bertz CT molecular complexity index is 595. The van der Waals surface area contributed by atoms with E-state index in [9.17, 15) is 9.00 Å². The quantitative estimate of drug-likeness (QED) is 0.780. The second-order valence-corrected chi connectivity index (χ2v) is 5.30. The molecular formula is C12H11N3O2S. The summed E-state index contributed by atoms with van der Waals surface area (Å²) in [7, 11) is -1.70. The van der Waals surface area contributed by atoms with Crippen LogP contribution in [0.4, 0.5) is 10.5 Å². The SMILES string of the molecule is O=C1N=NC(N2CCCc3ccccc32)=CS1=O. The van der Waals surface area contributed by atoms with E-state index in [4.69, 9.17) is 0 Å². The Balaban J connectivity index is 2.00. The second-order valence-electron chi connectivity index (χ2n) is 4.12. The third-order valence-electron chi connectivity index (χ3n) is 3.01. The van der Waals surface area contributed by atoms with Crippen LogP contribution in [0, 0.1) is 0 Å². The fourth-order valence-corrected chi connectivity index (χ4v) is 2.78. The Hall–Kier alpha value is -1.82. The topological polar surface area (TPSA) is 62.1 Å². The number of amides is 1. The Morgan fingerprint density at radius 1 is 1.22 bits per heavy atom. The van der Waals surface area contributed by atoms with Crippen LogP contribution in [0.1, 0.15) is 12.0 Å². The van der Waals surface area contributed by atoms with Gasteiger partial charge in [0.15, 0.2) is 5.82 Å². The van der Waals surface area contributed by atoms with Gasteiger partial charge < -0.3 is 4.90 Å². The van der Waals surface area contributed by atoms with Crippen LogP contribution in [0.3, 0.4) is 0 Å². The molecule has 18 heavy (non-hydrogen) atoms. The van der Waals surface area contributed by atoms with Crippen LogP contribution in [-0.4, -0.2) is 16.0 Å². The van der Waals surface area contributed by atoms with Crippen molar-refractivity contribution in [1.29, 1.82) is 0 Å². The summed E-state index contributed by atoms with van der Waals surface area (Å²) >= 11 is 0. The zero-order valence-corrected chi connectivity index (χ0v) is 10.4. The summed E-state index contributed by atoms with van der Waals surface area (Å²) in [5.74, 6) is 0.500. The molecule has 1 aromatic rings. The van der Waals surface area contributed by atoms with Gasteiger partial charge in [-0.25, -0.2) is 4.21 Å². The largest absolute Gasteiger partial charge is 0.357 e. The number of benzene rings is 1. The fraction of sp³-hybridized carbons (Fsp3) is 0.250. The summed E-state index contributed by atoms with van der Waals surface area (Å²) < 4.78 is 11.5. The van der Waals surface area contributed by atoms with Crippen LogP contribution in [0.15, 0.2) is 45.7 Å². The van der Waals surface area contributed by atoms with Crippen LogP contribution in [0.25, 0.3) is 0 Å². The number of azo groups is 1. The number of nitrogens with zero attached hydrogens (tertiary/aromatic N) is 3. The van der Waals surface area contributed by atoms with Crippen molar-refractivity contribution >= 4 is 21.7 Å². The number of hydrogen-bond donors (Lipinski definition) is 0. The van der Waals surface area contributed by atoms with E-state index < -0.39 is 16.0 Å². The van der Waals surface area contributed by atoms with Gasteiger partial charge in [-0.3, -0.25) is 4.79 Å². The Morgan fingerprint density at radius 2 is 2.06 bits per heavy atom.